The van der Waals surface area contributed by atoms with Crippen LogP contribution in [0.25, 0.3) is 0 Å². The van der Waals surface area contributed by atoms with Gasteiger partial charge in [-0.2, -0.15) is 0 Å². The Balaban J connectivity index is 2.09. The molecule has 0 radical (unpaired) electrons. The van der Waals surface area contributed by atoms with Gasteiger partial charge in [0.1, 0.15) is 5.69 Å². The number of aromatic nitrogens is 2. The Labute approximate surface area is 121 Å². The first-order valence-corrected chi connectivity index (χ1v) is 6.26. The Kier molecular flexibility index (Phi) is 4.49. The number of nitrogen functional groups attached to an aromatic ring is 1. The lowest BCUT2D eigenvalue weighted by Crippen LogP contribution is -2.27. The Hall–Kier alpha value is -2.18. The molecule has 1 amide bonds. The van der Waals surface area contributed by atoms with E-state index in [1.54, 1.807) is 24.1 Å². The second kappa shape index (κ2) is 6.31. The number of anilines is 1. The molecule has 0 unspecified atom stereocenters. The van der Waals surface area contributed by atoms with Crippen LogP contribution < -0.4 is 11.3 Å². The van der Waals surface area contributed by atoms with Crippen LogP contribution in [0.1, 0.15) is 16.1 Å². The van der Waals surface area contributed by atoms with Gasteiger partial charge in [-0.05, 0) is 17.7 Å². The van der Waals surface area contributed by atoms with Crippen molar-refractivity contribution in [1.82, 2.24) is 14.9 Å². The van der Waals surface area contributed by atoms with Gasteiger partial charge in [-0.25, -0.2) is 10.8 Å². The number of carbonyl (C=O) groups excluding carboxylic acids is 1. The minimum atomic E-state index is -0.232. The van der Waals surface area contributed by atoms with Crippen molar-refractivity contribution in [2.45, 2.75) is 6.54 Å². The maximum absolute atomic E-state index is 12.2. The normalized spacial score (nSPS) is 10.2. The van der Waals surface area contributed by atoms with Crippen LogP contribution in [0.3, 0.4) is 0 Å². The molecule has 7 heteroatoms. The molecule has 1 aromatic heterocycles. The maximum Gasteiger partial charge on any atom is 0.274 e. The Morgan fingerprint density at radius 2 is 2.05 bits per heavy atom. The van der Waals surface area contributed by atoms with Gasteiger partial charge in [-0.1, -0.05) is 23.7 Å². The van der Waals surface area contributed by atoms with Gasteiger partial charge in [0, 0.05) is 18.6 Å². The van der Waals surface area contributed by atoms with Crippen LogP contribution in [0.2, 0.25) is 5.02 Å². The first kappa shape index (κ1) is 14.2. The molecule has 20 heavy (non-hydrogen) atoms. The van der Waals surface area contributed by atoms with Crippen molar-refractivity contribution in [3.8, 4) is 0 Å². The van der Waals surface area contributed by atoms with E-state index in [2.05, 4.69) is 15.4 Å². The number of hydrogen-bond acceptors (Lipinski definition) is 5. The number of amides is 1. The molecule has 0 bridgehead atoms. The molecule has 0 atom stereocenters. The number of nitrogens with zero attached hydrogens (tertiary/aromatic N) is 3. The predicted octanol–water partition coefficient (Wildman–Crippen LogP) is 1.69. The van der Waals surface area contributed by atoms with E-state index in [1.165, 1.54) is 12.4 Å². The average Bonchev–Trinajstić information content (AvgIpc) is 2.48. The molecule has 0 aliphatic rings. The number of rotatable bonds is 4. The summed E-state index contributed by atoms with van der Waals surface area (Å²) in [5, 5.41) is 0.662. The Morgan fingerprint density at radius 1 is 1.35 bits per heavy atom. The lowest BCUT2D eigenvalue weighted by atomic mass is 10.2. The summed E-state index contributed by atoms with van der Waals surface area (Å²) in [5.41, 5.74) is 3.57. The van der Waals surface area contributed by atoms with Crippen molar-refractivity contribution in [1.29, 1.82) is 0 Å². The monoisotopic (exact) mass is 291 g/mol. The van der Waals surface area contributed by atoms with Gasteiger partial charge in [0.15, 0.2) is 5.82 Å². The first-order valence-electron chi connectivity index (χ1n) is 5.88. The Morgan fingerprint density at radius 3 is 2.70 bits per heavy atom. The molecule has 2 rings (SSSR count). The topological polar surface area (TPSA) is 84.1 Å². The van der Waals surface area contributed by atoms with E-state index < -0.39 is 0 Å². The lowest BCUT2D eigenvalue weighted by Gasteiger charge is -2.17. The number of hydrogen-bond donors (Lipinski definition) is 2. The molecular weight excluding hydrogens is 278 g/mol. The molecule has 0 aliphatic heterocycles. The minimum absolute atomic E-state index is 0.232. The second-order valence-corrected chi connectivity index (χ2v) is 4.66. The van der Waals surface area contributed by atoms with Crippen molar-refractivity contribution in [3.05, 3.63) is 52.9 Å². The predicted molar refractivity (Wildman–Crippen MR) is 77.1 cm³/mol. The maximum atomic E-state index is 12.2. The summed E-state index contributed by atoms with van der Waals surface area (Å²) in [6.07, 6.45) is 2.84. The molecule has 0 saturated carbocycles. The fourth-order valence-corrected chi connectivity index (χ4v) is 1.80. The molecule has 2 aromatic rings. The third kappa shape index (κ3) is 3.43. The zero-order valence-corrected chi connectivity index (χ0v) is 11.6. The highest BCUT2D eigenvalue weighted by molar-refractivity contribution is 6.30. The van der Waals surface area contributed by atoms with Crippen LogP contribution in [0.4, 0.5) is 5.82 Å². The van der Waals surface area contributed by atoms with Gasteiger partial charge in [0.2, 0.25) is 0 Å². The van der Waals surface area contributed by atoms with Crippen molar-refractivity contribution in [2.24, 2.45) is 5.84 Å². The molecule has 104 valence electrons. The van der Waals surface area contributed by atoms with Crippen LogP contribution in [0.15, 0.2) is 36.7 Å². The third-order valence-electron chi connectivity index (χ3n) is 2.68. The van der Waals surface area contributed by atoms with Crippen LogP contribution in [0.5, 0.6) is 0 Å². The fourth-order valence-electron chi connectivity index (χ4n) is 1.67. The molecule has 0 spiro atoms. The molecule has 1 heterocycles. The van der Waals surface area contributed by atoms with E-state index in [0.29, 0.717) is 17.4 Å². The number of benzene rings is 1. The van der Waals surface area contributed by atoms with Crippen molar-refractivity contribution >= 4 is 23.3 Å². The summed E-state index contributed by atoms with van der Waals surface area (Å²) in [5.74, 6) is 5.35. The molecule has 3 N–H and O–H groups in total. The van der Waals surface area contributed by atoms with Gasteiger partial charge in [-0.15, -0.1) is 0 Å². The lowest BCUT2D eigenvalue weighted by molar-refractivity contribution is 0.0779. The van der Waals surface area contributed by atoms with Crippen LogP contribution in [0, 0.1) is 0 Å². The molecule has 0 aliphatic carbocycles. The number of nitrogens with two attached hydrogens (primary N) is 1. The molecular formula is C13H14ClN5O. The first-order chi connectivity index (χ1) is 9.60. The van der Waals surface area contributed by atoms with E-state index >= 15 is 0 Å². The quantitative estimate of drug-likeness (QED) is 0.661. The van der Waals surface area contributed by atoms with E-state index in [9.17, 15) is 4.79 Å². The number of halogens is 1. The van der Waals surface area contributed by atoms with Gasteiger partial charge in [0.05, 0.1) is 12.4 Å². The number of carbonyl (C=O) groups is 1. The largest absolute Gasteiger partial charge is 0.336 e. The van der Waals surface area contributed by atoms with Crippen LogP contribution >= 0.6 is 11.6 Å². The summed E-state index contributed by atoms with van der Waals surface area (Å²) in [6, 6.07) is 7.31. The van der Waals surface area contributed by atoms with Crippen molar-refractivity contribution in [3.63, 3.8) is 0 Å². The standard InChI is InChI=1S/C13H14ClN5O/c1-19(8-9-2-4-10(14)5-3-9)13(20)11-6-16-7-12(17-11)18-15/h2-7H,8,15H2,1H3,(H,17,18). The van der Waals surface area contributed by atoms with E-state index in [4.69, 9.17) is 17.4 Å². The van der Waals surface area contributed by atoms with E-state index in [0.717, 1.165) is 5.56 Å². The van der Waals surface area contributed by atoms with Gasteiger partial charge >= 0.3 is 0 Å². The molecule has 1 aromatic carbocycles. The van der Waals surface area contributed by atoms with E-state index in [1.807, 2.05) is 12.1 Å². The smallest absolute Gasteiger partial charge is 0.274 e. The zero-order valence-electron chi connectivity index (χ0n) is 10.9. The summed E-state index contributed by atoms with van der Waals surface area (Å²) >= 11 is 5.82. The van der Waals surface area contributed by atoms with Crippen LogP contribution in [-0.2, 0) is 6.54 Å². The van der Waals surface area contributed by atoms with Gasteiger partial charge in [-0.3, -0.25) is 9.78 Å². The van der Waals surface area contributed by atoms with Crippen LogP contribution in [-0.4, -0.2) is 27.8 Å². The summed E-state index contributed by atoms with van der Waals surface area (Å²) in [6.45, 7) is 0.456. The summed E-state index contributed by atoms with van der Waals surface area (Å²) in [4.78, 5) is 21.7. The number of hydrazine groups is 1. The highest BCUT2D eigenvalue weighted by Gasteiger charge is 2.14. The second-order valence-electron chi connectivity index (χ2n) is 4.22. The van der Waals surface area contributed by atoms with Gasteiger partial charge < -0.3 is 10.3 Å². The number of nitrogens with one attached hydrogen (secondary N) is 1. The summed E-state index contributed by atoms with van der Waals surface area (Å²) in [7, 11) is 1.70. The molecule has 0 fully saturated rings. The van der Waals surface area contributed by atoms with Crippen molar-refractivity contribution < 1.29 is 4.79 Å². The zero-order chi connectivity index (χ0) is 14.5. The average molecular weight is 292 g/mol. The Bertz CT molecular complexity index is 602. The molecule has 6 nitrogen and oxygen atoms in total. The fraction of sp³-hybridized carbons (Fsp3) is 0.154. The third-order valence-corrected chi connectivity index (χ3v) is 2.93. The highest BCUT2D eigenvalue weighted by atomic mass is 35.5. The van der Waals surface area contributed by atoms with Gasteiger partial charge in [0.25, 0.3) is 5.91 Å². The van der Waals surface area contributed by atoms with E-state index in [-0.39, 0.29) is 11.6 Å². The SMILES string of the molecule is CN(Cc1ccc(Cl)cc1)C(=O)c1cncc(NN)n1. The highest BCUT2D eigenvalue weighted by Crippen LogP contribution is 2.12. The molecule has 0 saturated heterocycles. The van der Waals surface area contributed by atoms with Crippen molar-refractivity contribution in [2.75, 3.05) is 12.5 Å². The minimum Gasteiger partial charge on any atom is -0.336 e. The summed E-state index contributed by atoms with van der Waals surface area (Å²) < 4.78 is 0.